The molecule has 0 aliphatic carbocycles. The largest absolute Gasteiger partial charge is 0.400 e. The summed E-state index contributed by atoms with van der Waals surface area (Å²) in [5.74, 6) is -0.181. The highest BCUT2D eigenvalue weighted by atomic mass is 16.2. The first-order chi connectivity index (χ1) is 16.7. The van der Waals surface area contributed by atoms with Crippen LogP contribution in [0.3, 0.4) is 0 Å². The molecule has 0 spiro atoms. The predicted octanol–water partition coefficient (Wildman–Crippen LogP) is 6.10. The summed E-state index contributed by atoms with van der Waals surface area (Å²) in [6.07, 6.45) is 3.58. The average molecular weight is 461 g/mol. The van der Waals surface area contributed by atoms with E-state index >= 15 is 0 Å². The predicted molar refractivity (Wildman–Crippen MR) is 142 cm³/mol. The van der Waals surface area contributed by atoms with E-state index in [-0.39, 0.29) is 18.0 Å². The Hall–Kier alpha value is -2.95. The molecule has 0 bridgehead atoms. The minimum Gasteiger partial charge on any atom is -0.400 e. The minimum absolute atomic E-state index is 0.0406. The standard InChI is InChI=1S/C26H28N2O.C3H8.CH4O/c1-27(25(28-19-11-12-20-28)23-17-9-4-10-18-23)26(29)24(21-13-5-2-6-14-21)22-15-7-3-8-16-22;1-3-2;1-2/h2-10,13-18,24-25H,11-12,19-20H2,1H3;3H2,1-2H3;2H,1H3. The highest BCUT2D eigenvalue weighted by molar-refractivity contribution is 5.87. The zero-order valence-electron chi connectivity index (χ0n) is 21.1. The van der Waals surface area contributed by atoms with Gasteiger partial charge in [0.05, 0.1) is 5.92 Å². The van der Waals surface area contributed by atoms with Crippen LogP contribution in [0.4, 0.5) is 0 Å². The first-order valence-corrected chi connectivity index (χ1v) is 12.3. The highest BCUT2D eigenvalue weighted by Crippen LogP contribution is 2.33. The smallest absolute Gasteiger partial charge is 0.235 e. The third-order valence-corrected chi connectivity index (χ3v) is 5.81. The van der Waals surface area contributed by atoms with Gasteiger partial charge in [-0.2, -0.15) is 0 Å². The van der Waals surface area contributed by atoms with E-state index in [1.54, 1.807) is 0 Å². The second-order valence-electron chi connectivity index (χ2n) is 8.44. The number of likely N-dealkylation sites (N-methyl/N-ethyl adjacent to an activating group) is 1. The lowest BCUT2D eigenvalue weighted by atomic mass is 9.89. The number of carbonyl (C=O) groups is 1. The Bertz CT molecular complexity index is 886. The van der Waals surface area contributed by atoms with Crippen LogP contribution in [0.25, 0.3) is 0 Å². The third kappa shape index (κ3) is 7.28. The lowest BCUT2D eigenvalue weighted by Crippen LogP contribution is -2.43. The van der Waals surface area contributed by atoms with E-state index < -0.39 is 0 Å². The van der Waals surface area contributed by atoms with Crippen molar-refractivity contribution in [1.29, 1.82) is 0 Å². The van der Waals surface area contributed by atoms with Gasteiger partial charge in [-0.15, -0.1) is 0 Å². The van der Waals surface area contributed by atoms with Crippen molar-refractivity contribution < 1.29 is 9.90 Å². The van der Waals surface area contributed by atoms with Crippen LogP contribution in [-0.2, 0) is 4.79 Å². The molecule has 1 saturated heterocycles. The Kier molecular flexibility index (Phi) is 12.1. The van der Waals surface area contributed by atoms with Gasteiger partial charge in [-0.1, -0.05) is 111 Å². The topological polar surface area (TPSA) is 43.8 Å². The number of hydrogen-bond donors (Lipinski definition) is 1. The van der Waals surface area contributed by atoms with Crippen molar-refractivity contribution >= 4 is 5.91 Å². The van der Waals surface area contributed by atoms with Crippen molar-refractivity contribution in [2.75, 3.05) is 27.2 Å². The second-order valence-corrected chi connectivity index (χ2v) is 8.44. The quantitative estimate of drug-likeness (QED) is 0.484. The number of nitrogens with zero attached hydrogens (tertiary/aromatic N) is 2. The summed E-state index contributed by atoms with van der Waals surface area (Å²) < 4.78 is 0. The van der Waals surface area contributed by atoms with Crippen molar-refractivity contribution in [1.82, 2.24) is 9.80 Å². The number of likely N-dealkylation sites (tertiary alicyclic amines) is 1. The molecule has 1 amide bonds. The number of hydrogen-bond acceptors (Lipinski definition) is 3. The molecule has 1 atom stereocenters. The molecule has 1 unspecified atom stereocenters. The summed E-state index contributed by atoms with van der Waals surface area (Å²) in [7, 11) is 2.96. The zero-order chi connectivity index (χ0) is 24.8. The van der Waals surface area contributed by atoms with E-state index in [9.17, 15) is 4.79 Å². The number of rotatable bonds is 6. The Labute approximate surface area is 205 Å². The van der Waals surface area contributed by atoms with Crippen molar-refractivity contribution in [3.63, 3.8) is 0 Å². The Morgan fingerprint density at radius 1 is 0.765 bits per heavy atom. The molecule has 0 aromatic heterocycles. The first kappa shape index (κ1) is 27.3. The van der Waals surface area contributed by atoms with E-state index in [1.807, 2.05) is 54.4 Å². The van der Waals surface area contributed by atoms with Gasteiger partial charge in [0.15, 0.2) is 0 Å². The molecule has 0 radical (unpaired) electrons. The minimum atomic E-state index is -0.309. The van der Waals surface area contributed by atoms with Crippen molar-refractivity contribution in [3.05, 3.63) is 108 Å². The van der Waals surface area contributed by atoms with Crippen LogP contribution in [0, 0.1) is 0 Å². The summed E-state index contributed by atoms with van der Waals surface area (Å²) in [6.45, 7) is 6.30. The van der Waals surface area contributed by atoms with Crippen LogP contribution in [-0.4, -0.2) is 48.1 Å². The maximum Gasteiger partial charge on any atom is 0.235 e. The maximum atomic E-state index is 13.9. The van der Waals surface area contributed by atoms with E-state index in [0.29, 0.717) is 0 Å². The molecule has 0 saturated carbocycles. The average Bonchev–Trinajstić information content (AvgIpc) is 3.42. The Morgan fingerprint density at radius 3 is 1.50 bits per heavy atom. The van der Waals surface area contributed by atoms with Gasteiger partial charge in [0.2, 0.25) is 5.91 Å². The highest BCUT2D eigenvalue weighted by Gasteiger charge is 2.34. The van der Waals surface area contributed by atoms with Gasteiger partial charge in [0.1, 0.15) is 6.17 Å². The van der Waals surface area contributed by atoms with Crippen LogP contribution in [0.5, 0.6) is 0 Å². The fraction of sp³-hybridized carbons (Fsp3) is 0.367. The van der Waals surface area contributed by atoms with Gasteiger partial charge in [0, 0.05) is 27.2 Å². The number of carbonyl (C=O) groups excluding carboxylic acids is 1. The van der Waals surface area contributed by atoms with E-state index in [0.717, 1.165) is 31.3 Å². The van der Waals surface area contributed by atoms with Crippen LogP contribution >= 0.6 is 0 Å². The number of aliphatic hydroxyl groups excluding tert-OH is 1. The molecular weight excluding hydrogens is 420 g/mol. The molecular formula is C30H40N2O2. The second kappa shape index (κ2) is 15.0. The van der Waals surface area contributed by atoms with Crippen molar-refractivity contribution in [2.45, 2.75) is 45.2 Å². The molecule has 4 nitrogen and oxygen atoms in total. The fourth-order valence-corrected chi connectivity index (χ4v) is 4.38. The van der Waals surface area contributed by atoms with Crippen LogP contribution in [0.2, 0.25) is 0 Å². The molecule has 4 heteroatoms. The molecule has 3 aromatic carbocycles. The summed E-state index contributed by atoms with van der Waals surface area (Å²) >= 11 is 0. The fourth-order valence-electron chi connectivity index (χ4n) is 4.38. The lowest BCUT2D eigenvalue weighted by molar-refractivity contribution is -0.136. The SMILES string of the molecule is CCC.CN(C(=O)C(c1ccccc1)c1ccccc1)C(c1ccccc1)N1CCCC1.CO. The normalized spacial score (nSPS) is 13.8. The third-order valence-electron chi connectivity index (χ3n) is 5.81. The summed E-state index contributed by atoms with van der Waals surface area (Å²) in [4.78, 5) is 18.3. The lowest BCUT2D eigenvalue weighted by Gasteiger charge is -2.37. The van der Waals surface area contributed by atoms with E-state index in [4.69, 9.17) is 5.11 Å². The van der Waals surface area contributed by atoms with Gasteiger partial charge in [-0.3, -0.25) is 9.69 Å². The molecule has 1 fully saturated rings. The number of aliphatic hydroxyl groups is 1. The Balaban J connectivity index is 0.000000758. The molecule has 1 aliphatic heterocycles. The number of benzene rings is 3. The van der Waals surface area contributed by atoms with Crippen molar-refractivity contribution in [2.24, 2.45) is 0 Å². The molecule has 1 N–H and O–H groups in total. The maximum absolute atomic E-state index is 13.9. The van der Waals surface area contributed by atoms with E-state index in [1.165, 1.54) is 24.8 Å². The summed E-state index contributed by atoms with van der Waals surface area (Å²) in [5, 5.41) is 7.00. The van der Waals surface area contributed by atoms with Crippen LogP contribution < -0.4 is 0 Å². The van der Waals surface area contributed by atoms with Crippen molar-refractivity contribution in [3.8, 4) is 0 Å². The van der Waals surface area contributed by atoms with Gasteiger partial charge in [-0.05, 0) is 29.5 Å². The monoisotopic (exact) mass is 460 g/mol. The zero-order valence-corrected chi connectivity index (χ0v) is 21.1. The molecule has 4 rings (SSSR count). The molecule has 1 heterocycles. The van der Waals surface area contributed by atoms with Gasteiger partial charge in [0.25, 0.3) is 0 Å². The Morgan fingerprint density at radius 2 is 1.12 bits per heavy atom. The molecule has 1 aliphatic rings. The first-order valence-electron chi connectivity index (χ1n) is 12.3. The van der Waals surface area contributed by atoms with Gasteiger partial charge in [-0.25, -0.2) is 0 Å². The van der Waals surface area contributed by atoms with Crippen LogP contribution in [0.15, 0.2) is 91.0 Å². The molecule has 34 heavy (non-hydrogen) atoms. The summed E-state index contributed by atoms with van der Waals surface area (Å²) in [5.41, 5.74) is 3.23. The van der Waals surface area contributed by atoms with Gasteiger partial charge < -0.3 is 10.0 Å². The molecule has 3 aromatic rings. The van der Waals surface area contributed by atoms with E-state index in [2.05, 4.69) is 67.3 Å². The number of amides is 1. The molecule has 182 valence electrons. The van der Waals surface area contributed by atoms with Gasteiger partial charge >= 0.3 is 0 Å². The summed E-state index contributed by atoms with van der Waals surface area (Å²) in [6, 6.07) is 30.6. The van der Waals surface area contributed by atoms with Crippen LogP contribution in [0.1, 0.15) is 61.9 Å².